The van der Waals surface area contributed by atoms with Crippen LogP contribution in [0.4, 0.5) is 5.82 Å². The standard InChI is InChI=1S/C24H26N4O5/c1-6-28-18-8-7-16(30-2)9-14(18)10-19(28)17-13-22(27-26-17)25-24(29)15-11-20(31-3)23(33-5)21(12-15)32-4/h7-13H,6H2,1-5H3,(H2,25,26,27,29). The van der Waals surface area contributed by atoms with Gasteiger partial charge in [0.25, 0.3) is 5.91 Å². The monoisotopic (exact) mass is 450 g/mol. The molecule has 2 aromatic carbocycles. The second kappa shape index (κ2) is 9.15. The molecule has 2 N–H and O–H groups in total. The van der Waals surface area contributed by atoms with E-state index in [9.17, 15) is 4.79 Å². The maximum atomic E-state index is 12.9. The van der Waals surface area contributed by atoms with Crippen molar-refractivity contribution >= 4 is 22.6 Å². The van der Waals surface area contributed by atoms with Gasteiger partial charge in [0.1, 0.15) is 5.75 Å². The van der Waals surface area contributed by atoms with Crippen molar-refractivity contribution in [1.82, 2.24) is 14.8 Å². The third kappa shape index (κ3) is 4.05. The van der Waals surface area contributed by atoms with Crippen molar-refractivity contribution in [2.45, 2.75) is 13.5 Å². The number of hydrogen-bond donors (Lipinski definition) is 2. The lowest BCUT2D eigenvalue weighted by Gasteiger charge is -2.13. The summed E-state index contributed by atoms with van der Waals surface area (Å²) in [6, 6.07) is 13.0. The van der Waals surface area contributed by atoms with Gasteiger partial charge in [-0.15, -0.1) is 0 Å². The van der Waals surface area contributed by atoms with Crippen LogP contribution >= 0.6 is 0 Å². The highest BCUT2D eigenvalue weighted by Crippen LogP contribution is 2.38. The van der Waals surface area contributed by atoms with E-state index in [1.165, 1.54) is 21.3 Å². The van der Waals surface area contributed by atoms with Gasteiger partial charge in [0, 0.05) is 29.1 Å². The van der Waals surface area contributed by atoms with Crippen LogP contribution in [-0.4, -0.2) is 49.1 Å². The number of anilines is 1. The molecule has 9 heteroatoms. The normalized spacial score (nSPS) is 10.8. The van der Waals surface area contributed by atoms with Crippen LogP contribution < -0.4 is 24.3 Å². The summed E-state index contributed by atoms with van der Waals surface area (Å²) in [7, 11) is 6.16. The maximum Gasteiger partial charge on any atom is 0.257 e. The molecule has 0 saturated heterocycles. The number of ether oxygens (including phenoxy) is 4. The van der Waals surface area contributed by atoms with Gasteiger partial charge in [0.05, 0.1) is 39.8 Å². The number of fused-ring (bicyclic) bond motifs is 1. The molecular weight excluding hydrogens is 424 g/mol. The number of rotatable bonds is 8. The largest absolute Gasteiger partial charge is 0.497 e. The third-order valence-corrected chi connectivity index (χ3v) is 5.45. The summed E-state index contributed by atoms with van der Waals surface area (Å²) >= 11 is 0. The zero-order chi connectivity index (χ0) is 23.5. The lowest BCUT2D eigenvalue weighted by atomic mass is 10.1. The molecule has 9 nitrogen and oxygen atoms in total. The number of hydrogen-bond acceptors (Lipinski definition) is 6. The first-order valence-electron chi connectivity index (χ1n) is 10.4. The second-order valence-corrected chi connectivity index (χ2v) is 7.23. The summed E-state index contributed by atoms with van der Waals surface area (Å²) in [5.41, 5.74) is 3.18. The summed E-state index contributed by atoms with van der Waals surface area (Å²) in [6.45, 7) is 2.86. The Hall–Kier alpha value is -4.14. The Morgan fingerprint density at radius 1 is 0.970 bits per heavy atom. The van der Waals surface area contributed by atoms with E-state index >= 15 is 0 Å². The van der Waals surface area contributed by atoms with Crippen molar-refractivity contribution in [3.63, 3.8) is 0 Å². The molecule has 0 unspecified atom stereocenters. The highest BCUT2D eigenvalue weighted by Gasteiger charge is 2.19. The molecule has 0 saturated carbocycles. The van der Waals surface area contributed by atoms with Gasteiger partial charge in [0.2, 0.25) is 5.75 Å². The first-order valence-corrected chi connectivity index (χ1v) is 10.4. The molecular formula is C24H26N4O5. The molecule has 2 aromatic heterocycles. The third-order valence-electron chi connectivity index (χ3n) is 5.45. The Labute approximate surface area is 191 Å². The smallest absolute Gasteiger partial charge is 0.257 e. The molecule has 33 heavy (non-hydrogen) atoms. The number of nitrogens with zero attached hydrogens (tertiary/aromatic N) is 2. The van der Waals surface area contributed by atoms with Crippen LogP contribution in [0.2, 0.25) is 0 Å². The van der Waals surface area contributed by atoms with Crippen molar-refractivity contribution in [2.24, 2.45) is 0 Å². The number of benzene rings is 2. The SMILES string of the molecule is CCn1c(-c2cc(NC(=O)c3cc(OC)c(OC)c(OC)c3)n[nH]2)cc2cc(OC)ccc21. The number of aromatic nitrogens is 3. The Balaban J connectivity index is 1.63. The molecule has 0 aliphatic heterocycles. The van der Waals surface area contributed by atoms with Crippen LogP contribution in [0.1, 0.15) is 17.3 Å². The number of carbonyl (C=O) groups excluding carboxylic acids is 1. The van der Waals surface area contributed by atoms with Gasteiger partial charge in [-0.25, -0.2) is 0 Å². The Bertz CT molecular complexity index is 1280. The molecule has 0 radical (unpaired) electrons. The van der Waals surface area contributed by atoms with Crippen LogP contribution in [-0.2, 0) is 6.54 Å². The van der Waals surface area contributed by atoms with Crippen molar-refractivity contribution in [3.05, 3.63) is 48.0 Å². The van der Waals surface area contributed by atoms with Gasteiger partial charge in [-0.05, 0) is 43.3 Å². The summed E-state index contributed by atoms with van der Waals surface area (Å²) in [6.07, 6.45) is 0. The molecule has 4 aromatic rings. The molecule has 172 valence electrons. The van der Waals surface area contributed by atoms with Crippen LogP contribution in [0.25, 0.3) is 22.3 Å². The summed E-state index contributed by atoms with van der Waals surface area (Å²) in [4.78, 5) is 12.9. The van der Waals surface area contributed by atoms with E-state index in [0.29, 0.717) is 28.6 Å². The highest BCUT2D eigenvalue weighted by molar-refractivity contribution is 6.05. The fourth-order valence-corrected chi connectivity index (χ4v) is 3.86. The van der Waals surface area contributed by atoms with Gasteiger partial charge < -0.3 is 28.8 Å². The van der Waals surface area contributed by atoms with E-state index in [-0.39, 0.29) is 5.91 Å². The van der Waals surface area contributed by atoms with Crippen LogP contribution in [0.3, 0.4) is 0 Å². The maximum absolute atomic E-state index is 12.9. The molecule has 0 fully saturated rings. The van der Waals surface area contributed by atoms with E-state index in [1.54, 1.807) is 25.3 Å². The number of nitrogens with one attached hydrogen (secondary N) is 2. The molecule has 2 heterocycles. The zero-order valence-corrected chi connectivity index (χ0v) is 19.2. The first kappa shape index (κ1) is 22.1. The Kier molecular flexibility index (Phi) is 6.12. The summed E-state index contributed by atoms with van der Waals surface area (Å²) in [5, 5.41) is 11.2. The van der Waals surface area contributed by atoms with Crippen LogP contribution in [0.15, 0.2) is 42.5 Å². The minimum Gasteiger partial charge on any atom is -0.497 e. The number of H-pyrrole nitrogens is 1. The molecule has 0 atom stereocenters. The Morgan fingerprint density at radius 2 is 1.70 bits per heavy atom. The van der Waals surface area contributed by atoms with Crippen molar-refractivity contribution in [2.75, 3.05) is 33.8 Å². The molecule has 0 bridgehead atoms. The molecule has 0 aliphatic carbocycles. The average molecular weight is 450 g/mol. The summed E-state index contributed by atoms with van der Waals surface area (Å²) < 4.78 is 23.5. The Morgan fingerprint density at radius 3 is 2.30 bits per heavy atom. The quantitative estimate of drug-likeness (QED) is 0.414. The van der Waals surface area contributed by atoms with Gasteiger partial charge in [0.15, 0.2) is 17.3 Å². The van der Waals surface area contributed by atoms with Crippen LogP contribution in [0, 0.1) is 0 Å². The number of aryl methyl sites for hydroxylation is 1. The second-order valence-electron chi connectivity index (χ2n) is 7.23. The number of aromatic amines is 1. The van der Waals surface area contributed by atoms with Gasteiger partial charge in [-0.2, -0.15) is 5.10 Å². The lowest BCUT2D eigenvalue weighted by Crippen LogP contribution is -2.13. The van der Waals surface area contributed by atoms with E-state index in [4.69, 9.17) is 18.9 Å². The fraction of sp³-hybridized carbons (Fsp3) is 0.250. The van der Waals surface area contributed by atoms with Crippen LogP contribution in [0.5, 0.6) is 23.0 Å². The first-order chi connectivity index (χ1) is 16.0. The number of carbonyl (C=O) groups is 1. The molecule has 0 spiro atoms. The highest BCUT2D eigenvalue weighted by atomic mass is 16.5. The van der Waals surface area contributed by atoms with Crippen molar-refractivity contribution < 1.29 is 23.7 Å². The topological polar surface area (TPSA) is 99.6 Å². The summed E-state index contributed by atoms with van der Waals surface area (Å²) in [5.74, 6) is 2.05. The van der Waals surface area contributed by atoms with E-state index in [0.717, 1.165) is 34.6 Å². The van der Waals surface area contributed by atoms with Gasteiger partial charge in [-0.1, -0.05) is 0 Å². The fourth-order valence-electron chi connectivity index (χ4n) is 3.86. The molecule has 1 amide bonds. The number of methoxy groups -OCH3 is 4. The molecule has 0 aliphatic rings. The molecule has 4 rings (SSSR count). The predicted octanol–water partition coefficient (Wildman–Crippen LogP) is 4.34. The van der Waals surface area contributed by atoms with E-state index in [2.05, 4.69) is 33.1 Å². The van der Waals surface area contributed by atoms with E-state index < -0.39 is 0 Å². The van der Waals surface area contributed by atoms with Gasteiger partial charge >= 0.3 is 0 Å². The van der Waals surface area contributed by atoms with E-state index in [1.807, 2.05) is 18.2 Å². The van der Waals surface area contributed by atoms with Crippen molar-refractivity contribution in [1.29, 1.82) is 0 Å². The predicted molar refractivity (Wildman–Crippen MR) is 126 cm³/mol. The zero-order valence-electron chi connectivity index (χ0n) is 19.2. The minimum absolute atomic E-state index is 0.351. The lowest BCUT2D eigenvalue weighted by molar-refractivity contribution is 0.102. The van der Waals surface area contributed by atoms with Gasteiger partial charge in [-0.3, -0.25) is 9.89 Å². The number of amides is 1. The van der Waals surface area contributed by atoms with Crippen molar-refractivity contribution in [3.8, 4) is 34.4 Å². The average Bonchev–Trinajstić information content (AvgIpc) is 3.46. The minimum atomic E-state index is -0.354.